The van der Waals surface area contributed by atoms with Crippen molar-refractivity contribution in [1.82, 2.24) is 0 Å². The molecule has 0 aromatic heterocycles. The van der Waals surface area contributed by atoms with Crippen molar-refractivity contribution in [3.05, 3.63) is 0 Å². The van der Waals surface area contributed by atoms with E-state index in [2.05, 4.69) is 0 Å². The molecule has 0 saturated carbocycles. The van der Waals surface area contributed by atoms with Crippen LogP contribution >= 0.6 is 0 Å². The predicted octanol–water partition coefficient (Wildman–Crippen LogP) is 3.27. The lowest BCUT2D eigenvalue weighted by Crippen LogP contribution is -2.09. The molecule has 142 valence electrons. The molecule has 0 bridgehead atoms. The SMILES string of the molecule is CCCOC(=O)CCOCCCCCCOCCC(=O)OCCC. The smallest absolute Gasteiger partial charge is 0.308 e. The largest absolute Gasteiger partial charge is 0.466 e. The van der Waals surface area contributed by atoms with Crippen molar-refractivity contribution in [3.63, 3.8) is 0 Å². The Morgan fingerprint density at radius 3 is 1.38 bits per heavy atom. The number of rotatable bonds is 17. The average molecular weight is 346 g/mol. The minimum atomic E-state index is -0.187. The summed E-state index contributed by atoms with van der Waals surface area (Å²) in [5.41, 5.74) is 0. The van der Waals surface area contributed by atoms with Crippen molar-refractivity contribution in [3.8, 4) is 0 Å². The molecule has 0 saturated heterocycles. The molecule has 0 fully saturated rings. The molecule has 0 aliphatic heterocycles. The third-order valence-electron chi connectivity index (χ3n) is 3.16. The molecule has 0 aromatic rings. The zero-order chi connectivity index (χ0) is 17.9. The van der Waals surface area contributed by atoms with Crippen LogP contribution in [0.3, 0.4) is 0 Å². The Morgan fingerprint density at radius 2 is 1.00 bits per heavy atom. The van der Waals surface area contributed by atoms with Crippen molar-refractivity contribution < 1.29 is 28.5 Å². The Bertz CT molecular complexity index is 276. The van der Waals surface area contributed by atoms with Crippen molar-refractivity contribution >= 4 is 11.9 Å². The summed E-state index contributed by atoms with van der Waals surface area (Å²) in [7, 11) is 0. The molecule has 24 heavy (non-hydrogen) atoms. The minimum absolute atomic E-state index is 0.187. The fourth-order valence-electron chi connectivity index (χ4n) is 1.85. The van der Waals surface area contributed by atoms with Gasteiger partial charge < -0.3 is 18.9 Å². The topological polar surface area (TPSA) is 71.1 Å². The maximum Gasteiger partial charge on any atom is 0.308 e. The van der Waals surface area contributed by atoms with Crippen LogP contribution in [0.4, 0.5) is 0 Å². The van der Waals surface area contributed by atoms with Gasteiger partial charge in [-0.15, -0.1) is 0 Å². The summed E-state index contributed by atoms with van der Waals surface area (Å²) in [5.74, 6) is -0.375. The molecule has 0 spiro atoms. The standard InChI is InChI=1S/C18H34O6/c1-3-11-23-17(19)9-15-21-13-7-5-6-8-14-22-16-10-18(20)24-12-4-2/h3-16H2,1-2H3. The molecule has 6 nitrogen and oxygen atoms in total. The number of esters is 2. The van der Waals surface area contributed by atoms with Gasteiger partial charge in [-0.05, 0) is 25.7 Å². The Labute approximate surface area is 146 Å². The third-order valence-corrected chi connectivity index (χ3v) is 3.16. The van der Waals surface area contributed by atoms with E-state index in [-0.39, 0.29) is 11.9 Å². The lowest BCUT2D eigenvalue weighted by atomic mass is 10.2. The van der Waals surface area contributed by atoms with Crippen LogP contribution in [0.1, 0.15) is 65.2 Å². The Morgan fingerprint density at radius 1 is 0.583 bits per heavy atom. The summed E-state index contributed by atoms with van der Waals surface area (Å²) in [6.45, 7) is 7.12. The first-order valence-electron chi connectivity index (χ1n) is 9.17. The van der Waals surface area contributed by atoms with Crippen LogP contribution in [-0.4, -0.2) is 51.6 Å². The second-order valence-corrected chi connectivity index (χ2v) is 5.58. The summed E-state index contributed by atoms with van der Waals surface area (Å²) in [4.78, 5) is 22.4. The minimum Gasteiger partial charge on any atom is -0.466 e. The fraction of sp³-hybridized carbons (Fsp3) is 0.889. The first-order chi connectivity index (χ1) is 11.7. The first kappa shape index (κ1) is 22.9. The highest BCUT2D eigenvalue weighted by Crippen LogP contribution is 2.02. The predicted molar refractivity (Wildman–Crippen MR) is 91.8 cm³/mol. The average Bonchev–Trinajstić information content (AvgIpc) is 2.58. The van der Waals surface area contributed by atoms with Crippen LogP contribution in [0.2, 0.25) is 0 Å². The van der Waals surface area contributed by atoms with Gasteiger partial charge in [-0.1, -0.05) is 26.7 Å². The summed E-state index contributed by atoms with van der Waals surface area (Å²) in [6.07, 6.45) is 6.45. The lowest BCUT2D eigenvalue weighted by Gasteiger charge is -2.06. The highest BCUT2D eigenvalue weighted by Gasteiger charge is 2.02. The molecule has 6 heteroatoms. The van der Waals surface area contributed by atoms with E-state index in [1.807, 2.05) is 13.8 Å². The van der Waals surface area contributed by atoms with Crippen molar-refractivity contribution in [1.29, 1.82) is 0 Å². The maximum atomic E-state index is 11.2. The van der Waals surface area contributed by atoms with E-state index in [0.29, 0.717) is 52.5 Å². The van der Waals surface area contributed by atoms with E-state index in [1.54, 1.807) is 0 Å². The molecule has 0 unspecified atom stereocenters. The number of carbonyl (C=O) groups is 2. The van der Waals surface area contributed by atoms with Crippen molar-refractivity contribution in [2.75, 3.05) is 39.6 Å². The van der Waals surface area contributed by atoms with Gasteiger partial charge in [0.25, 0.3) is 0 Å². The van der Waals surface area contributed by atoms with E-state index < -0.39 is 0 Å². The number of hydrogen-bond donors (Lipinski definition) is 0. The van der Waals surface area contributed by atoms with Crippen LogP contribution in [0.5, 0.6) is 0 Å². The zero-order valence-electron chi connectivity index (χ0n) is 15.3. The van der Waals surface area contributed by atoms with E-state index >= 15 is 0 Å². The molecule has 0 aliphatic carbocycles. The lowest BCUT2D eigenvalue weighted by molar-refractivity contribution is -0.145. The summed E-state index contributed by atoms with van der Waals surface area (Å²) >= 11 is 0. The van der Waals surface area contributed by atoms with Gasteiger partial charge in [0.05, 0.1) is 39.3 Å². The van der Waals surface area contributed by atoms with Crippen LogP contribution in [-0.2, 0) is 28.5 Å². The third kappa shape index (κ3) is 17.2. The number of unbranched alkanes of at least 4 members (excludes halogenated alkanes) is 3. The monoisotopic (exact) mass is 346 g/mol. The number of hydrogen-bond acceptors (Lipinski definition) is 6. The molecule has 0 radical (unpaired) electrons. The zero-order valence-corrected chi connectivity index (χ0v) is 15.3. The number of carbonyl (C=O) groups excluding carboxylic acids is 2. The number of ether oxygens (including phenoxy) is 4. The van der Waals surface area contributed by atoms with Crippen molar-refractivity contribution in [2.24, 2.45) is 0 Å². The normalized spacial score (nSPS) is 10.6. The highest BCUT2D eigenvalue weighted by atomic mass is 16.5. The van der Waals surface area contributed by atoms with Gasteiger partial charge in [0.2, 0.25) is 0 Å². The molecular weight excluding hydrogens is 312 g/mol. The molecule has 0 atom stereocenters. The maximum absolute atomic E-state index is 11.2. The van der Waals surface area contributed by atoms with Gasteiger partial charge in [-0.3, -0.25) is 9.59 Å². The Balaban J connectivity index is 3.15. The summed E-state index contributed by atoms with van der Waals surface area (Å²) in [5, 5.41) is 0. The van der Waals surface area contributed by atoms with Crippen LogP contribution in [0, 0.1) is 0 Å². The van der Waals surface area contributed by atoms with Gasteiger partial charge >= 0.3 is 11.9 Å². The van der Waals surface area contributed by atoms with Gasteiger partial charge in [0.15, 0.2) is 0 Å². The molecule has 0 aromatic carbocycles. The highest BCUT2D eigenvalue weighted by molar-refractivity contribution is 5.69. The van der Waals surface area contributed by atoms with Gasteiger partial charge in [0, 0.05) is 13.2 Å². The van der Waals surface area contributed by atoms with E-state index in [1.165, 1.54) is 0 Å². The Hall–Kier alpha value is -1.14. The van der Waals surface area contributed by atoms with Gasteiger partial charge in [-0.25, -0.2) is 0 Å². The van der Waals surface area contributed by atoms with E-state index in [9.17, 15) is 9.59 Å². The van der Waals surface area contributed by atoms with Gasteiger partial charge in [0.1, 0.15) is 0 Å². The second kappa shape index (κ2) is 18.2. The second-order valence-electron chi connectivity index (χ2n) is 5.58. The summed E-state index contributed by atoms with van der Waals surface area (Å²) in [6, 6.07) is 0. The van der Waals surface area contributed by atoms with Crippen LogP contribution < -0.4 is 0 Å². The van der Waals surface area contributed by atoms with E-state index in [4.69, 9.17) is 18.9 Å². The quantitative estimate of drug-likeness (QED) is 0.297. The summed E-state index contributed by atoms with van der Waals surface area (Å²) < 4.78 is 20.7. The molecular formula is C18H34O6. The molecule has 0 rings (SSSR count). The molecule has 0 amide bonds. The Kier molecular flexibility index (Phi) is 17.3. The van der Waals surface area contributed by atoms with Crippen LogP contribution in [0.15, 0.2) is 0 Å². The van der Waals surface area contributed by atoms with Gasteiger partial charge in [-0.2, -0.15) is 0 Å². The van der Waals surface area contributed by atoms with Crippen LogP contribution in [0.25, 0.3) is 0 Å². The van der Waals surface area contributed by atoms with Crippen molar-refractivity contribution in [2.45, 2.75) is 65.2 Å². The van der Waals surface area contributed by atoms with E-state index in [0.717, 1.165) is 38.5 Å². The molecule has 0 aliphatic rings. The fourth-order valence-corrected chi connectivity index (χ4v) is 1.85. The first-order valence-corrected chi connectivity index (χ1v) is 9.17. The molecule has 0 N–H and O–H groups in total. The molecule has 0 heterocycles.